The van der Waals surface area contributed by atoms with Crippen molar-refractivity contribution in [2.24, 2.45) is 11.7 Å². The highest BCUT2D eigenvalue weighted by molar-refractivity contribution is 6.74. The molecule has 1 saturated carbocycles. The fraction of sp³-hybridized carbons (Fsp3) is 0.538. The number of aromatic amines is 1. The van der Waals surface area contributed by atoms with Crippen LogP contribution in [-0.2, 0) is 21.1 Å². The molecule has 2 amide bonds. The van der Waals surface area contributed by atoms with Crippen LogP contribution in [0.15, 0.2) is 29.1 Å². The van der Waals surface area contributed by atoms with E-state index in [1.54, 1.807) is 0 Å². The number of nitrogens with two attached hydrogens (primary N) is 1. The highest BCUT2D eigenvalue weighted by Crippen LogP contribution is 2.45. The summed E-state index contributed by atoms with van der Waals surface area (Å²) in [6.45, 7) is 11.2. The SMILES string of the molecule is CC(C)(C)[Si](C)(C)OC[C@@H]1CC[C@](COC(N)=O)(c2nc(C(=O)NCc3ccc(F)cc3)c(O)c(=O)[nH]2)C1. The summed E-state index contributed by atoms with van der Waals surface area (Å²) in [5.41, 5.74) is 3.60. The zero-order valence-corrected chi connectivity index (χ0v) is 23.5. The maximum atomic E-state index is 13.2. The van der Waals surface area contributed by atoms with E-state index in [2.05, 4.69) is 49.1 Å². The van der Waals surface area contributed by atoms with E-state index in [4.69, 9.17) is 14.9 Å². The van der Waals surface area contributed by atoms with Gasteiger partial charge in [0.25, 0.3) is 11.5 Å². The number of ether oxygens (including phenoxy) is 1. The van der Waals surface area contributed by atoms with Crippen LogP contribution in [0.5, 0.6) is 5.75 Å². The Morgan fingerprint density at radius 1 is 1.29 bits per heavy atom. The topological polar surface area (TPSA) is 157 Å². The molecule has 1 heterocycles. The van der Waals surface area contributed by atoms with Gasteiger partial charge in [-0.1, -0.05) is 32.9 Å². The Balaban J connectivity index is 1.85. The number of rotatable bonds is 9. The van der Waals surface area contributed by atoms with Gasteiger partial charge >= 0.3 is 6.09 Å². The van der Waals surface area contributed by atoms with Crippen LogP contribution in [0, 0.1) is 11.7 Å². The molecular weight excluding hydrogens is 511 g/mol. The quantitative estimate of drug-likeness (QED) is 0.348. The van der Waals surface area contributed by atoms with Gasteiger partial charge in [0.05, 0.1) is 5.41 Å². The molecule has 10 nitrogen and oxygen atoms in total. The summed E-state index contributed by atoms with van der Waals surface area (Å²) >= 11 is 0. The summed E-state index contributed by atoms with van der Waals surface area (Å²) in [5.74, 6) is -1.79. The van der Waals surface area contributed by atoms with E-state index in [9.17, 15) is 23.9 Å². The van der Waals surface area contributed by atoms with Crippen molar-refractivity contribution in [1.29, 1.82) is 0 Å². The van der Waals surface area contributed by atoms with Gasteiger partial charge in [-0.2, -0.15) is 0 Å². The molecule has 0 spiro atoms. The number of hydrogen-bond donors (Lipinski definition) is 4. The van der Waals surface area contributed by atoms with Crippen LogP contribution < -0.4 is 16.6 Å². The molecule has 1 aromatic heterocycles. The van der Waals surface area contributed by atoms with E-state index in [0.717, 1.165) is 0 Å². The number of nitrogens with one attached hydrogen (secondary N) is 2. The Kier molecular flexibility index (Phi) is 8.67. The molecule has 0 unspecified atom stereocenters. The maximum absolute atomic E-state index is 13.2. The molecule has 0 saturated heterocycles. The lowest BCUT2D eigenvalue weighted by atomic mass is 9.85. The van der Waals surface area contributed by atoms with Crippen LogP contribution in [0.1, 0.15) is 61.9 Å². The first-order chi connectivity index (χ1) is 17.6. The normalized spacial score (nSPS) is 19.8. The number of carbonyl (C=O) groups excluding carboxylic acids is 2. The van der Waals surface area contributed by atoms with E-state index in [1.807, 2.05) is 0 Å². The van der Waals surface area contributed by atoms with Gasteiger partial charge in [0.15, 0.2) is 14.0 Å². The maximum Gasteiger partial charge on any atom is 0.404 e. The lowest BCUT2D eigenvalue weighted by Crippen LogP contribution is -2.42. The van der Waals surface area contributed by atoms with E-state index in [-0.39, 0.29) is 29.9 Å². The fourth-order valence-electron chi connectivity index (χ4n) is 4.29. The smallest absolute Gasteiger partial charge is 0.404 e. The summed E-state index contributed by atoms with van der Waals surface area (Å²) in [5, 5.41) is 13.0. The molecule has 2 atom stereocenters. The van der Waals surface area contributed by atoms with Crippen molar-refractivity contribution in [3.63, 3.8) is 0 Å². The molecule has 1 aromatic carbocycles. The molecule has 12 heteroatoms. The molecular formula is C26H37FN4O6Si. The Morgan fingerprint density at radius 2 is 1.95 bits per heavy atom. The molecule has 1 fully saturated rings. The van der Waals surface area contributed by atoms with Crippen molar-refractivity contribution in [1.82, 2.24) is 15.3 Å². The van der Waals surface area contributed by atoms with E-state index in [0.29, 0.717) is 31.4 Å². The Morgan fingerprint density at radius 3 is 2.55 bits per heavy atom. The molecule has 1 aliphatic carbocycles. The van der Waals surface area contributed by atoms with Gasteiger partial charge in [0, 0.05) is 13.2 Å². The number of primary amides is 1. The molecule has 0 radical (unpaired) electrons. The van der Waals surface area contributed by atoms with E-state index >= 15 is 0 Å². The fourth-order valence-corrected chi connectivity index (χ4v) is 5.38. The molecule has 1 aliphatic rings. The molecule has 3 rings (SSSR count). The third-order valence-corrected chi connectivity index (χ3v) is 12.2. The van der Waals surface area contributed by atoms with Crippen molar-refractivity contribution in [3.05, 3.63) is 57.5 Å². The van der Waals surface area contributed by atoms with Crippen molar-refractivity contribution in [2.75, 3.05) is 13.2 Å². The lowest BCUT2D eigenvalue weighted by molar-refractivity contribution is 0.0937. The number of benzene rings is 1. The van der Waals surface area contributed by atoms with Crippen molar-refractivity contribution in [3.8, 4) is 5.75 Å². The average Bonchev–Trinajstić information content (AvgIpc) is 3.26. The Bertz CT molecular complexity index is 1230. The van der Waals surface area contributed by atoms with Gasteiger partial charge in [0.2, 0.25) is 5.75 Å². The van der Waals surface area contributed by atoms with Crippen LogP contribution in [0.3, 0.4) is 0 Å². The molecule has 2 aromatic rings. The van der Waals surface area contributed by atoms with Crippen LogP contribution >= 0.6 is 0 Å². The largest absolute Gasteiger partial charge is 0.501 e. The van der Waals surface area contributed by atoms with Crippen molar-refractivity contribution in [2.45, 2.75) is 70.1 Å². The first-order valence-electron chi connectivity index (χ1n) is 12.6. The number of hydrogen-bond acceptors (Lipinski definition) is 7. The average molecular weight is 549 g/mol. The highest BCUT2D eigenvalue weighted by atomic mass is 28.4. The molecule has 38 heavy (non-hydrogen) atoms. The van der Waals surface area contributed by atoms with Gasteiger partial charge in [-0.15, -0.1) is 0 Å². The monoisotopic (exact) mass is 548 g/mol. The third-order valence-electron chi connectivity index (χ3n) is 7.67. The number of carbonyl (C=O) groups is 2. The number of H-pyrrole nitrogens is 1. The second-order valence-electron chi connectivity index (χ2n) is 11.5. The lowest BCUT2D eigenvalue weighted by Gasteiger charge is -2.37. The number of halogens is 1. The zero-order chi connectivity index (χ0) is 28.3. The molecule has 0 aliphatic heterocycles. The van der Waals surface area contributed by atoms with Crippen molar-refractivity contribution < 1.29 is 28.2 Å². The standard InChI is InChI=1S/C26H37FN4O6Si/c1-25(2,3)38(4,5)37-14-17-10-11-26(12-17,15-36-24(28)35)23-30-19(20(32)22(34)31-23)21(33)29-13-16-6-8-18(27)9-7-16/h6-9,17,32H,10-15H2,1-5H3,(H2,28,35)(H,29,33)(H,30,31,34)/t17-,26+/m1/s1. The highest BCUT2D eigenvalue weighted by Gasteiger charge is 2.46. The van der Waals surface area contributed by atoms with Gasteiger partial charge in [-0.25, -0.2) is 14.2 Å². The summed E-state index contributed by atoms with van der Waals surface area (Å²) < 4.78 is 24.7. The van der Waals surface area contributed by atoms with Crippen molar-refractivity contribution >= 4 is 20.3 Å². The number of aromatic hydroxyl groups is 1. The summed E-state index contributed by atoms with van der Waals surface area (Å²) in [7, 11) is -2.00. The van der Waals surface area contributed by atoms with E-state index < -0.39 is 48.6 Å². The minimum absolute atomic E-state index is 0.0329. The van der Waals surface area contributed by atoms with Gasteiger partial charge in [-0.05, 0) is 61.0 Å². The second-order valence-corrected chi connectivity index (χ2v) is 16.3. The van der Waals surface area contributed by atoms with Crippen LogP contribution in [0.4, 0.5) is 9.18 Å². The second kappa shape index (κ2) is 11.2. The van der Waals surface area contributed by atoms with Crippen LogP contribution in [-0.4, -0.2) is 48.6 Å². The minimum Gasteiger partial charge on any atom is -0.501 e. The molecule has 0 bridgehead atoms. The first-order valence-corrected chi connectivity index (χ1v) is 15.5. The molecule has 208 valence electrons. The van der Waals surface area contributed by atoms with Crippen LogP contribution in [0.25, 0.3) is 0 Å². The predicted octanol–water partition coefficient (Wildman–Crippen LogP) is 3.70. The minimum atomic E-state index is -2.00. The number of nitrogens with zero attached hydrogens (tertiary/aromatic N) is 1. The number of aromatic nitrogens is 2. The third kappa shape index (κ3) is 6.78. The predicted molar refractivity (Wildman–Crippen MR) is 142 cm³/mol. The van der Waals surface area contributed by atoms with Gasteiger partial charge in [0.1, 0.15) is 18.2 Å². The van der Waals surface area contributed by atoms with E-state index in [1.165, 1.54) is 24.3 Å². The molecule has 5 N–H and O–H groups in total. The Hall–Kier alpha value is -3.25. The van der Waals surface area contributed by atoms with Crippen LogP contribution in [0.2, 0.25) is 18.1 Å². The Labute approximate surface area is 222 Å². The van der Waals surface area contributed by atoms with Gasteiger partial charge in [-0.3, -0.25) is 9.59 Å². The summed E-state index contributed by atoms with van der Waals surface area (Å²) in [4.78, 5) is 43.9. The summed E-state index contributed by atoms with van der Waals surface area (Å²) in [6, 6.07) is 5.53. The zero-order valence-electron chi connectivity index (χ0n) is 22.5. The number of amides is 2. The van der Waals surface area contributed by atoms with Gasteiger partial charge < -0.3 is 30.3 Å². The summed E-state index contributed by atoms with van der Waals surface area (Å²) in [6.07, 6.45) is 0.715. The first kappa shape index (κ1) is 29.3.